The van der Waals surface area contributed by atoms with Crippen LogP contribution in [0.5, 0.6) is 0 Å². The Labute approximate surface area is 56.0 Å². The standard InChI is InChI=1S/C4H8BrNO2/c5-3(2-7)1-4(6)8/h3,7H,1-2H2,(H2,6,8)/t3-/m1/s1. The molecule has 0 unspecified atom stereocenters. The molecular formula is C4H8BrNO2. The van der Waals surface area contributed by atoms with Gasteiger partial charge in [0.15, 0.2) is 0 Å². The largest absolute Gasteiger partial charge is 0.395 e. The quantitative estimate of drug-likeness (QED) is 0.584. The number of carbonyl (C=O) groups excluding carboxylic acids is 1. The third-order valence-corrected chi connectivity index (χ3v) is 1.23. The van der Waals surface area contributed by atoms with Gasteiger partial charge in [0.2, 0.25) is 5.91 Å². The summed E-state index contributed by atoms with van der Waals surface area (Å²) in [6, 6.07) is 0. The predicted molar refractivity (Wildman–Crippen MR) is 33.6 cm³/mol. The van der Waals surface area contributed by atoms with Crippen molar-refractivity contribution in [3.8, 4) is 0 Å². The monoisotopic (exact) mass is 181 g/mol. The minimum Gasteiger partial charge on any atom is -0.395 e. The zero-order chi connectivity index (χ0) is 6.57. The molecule has 0 aliphatic rings. The lowest BCUT2D eigenvalue weighted by molar-refractivity contribution is -0.118. The topological polar surface area (TPSA) is 63.3 Å². The Balaban J connectivity index is 3.24. The molecule has 0 aromatic heterocycles. The first-order valence-corrected chi connectivity index (χ1v) is 3.11. The lowest BCUT2D eigenvalue weighted by atomic mass is 10.3. The second-order valence-electron chi connectivity index (χ2n) is 1.45. The number of alkyl halides is 1. The van der Waals surface area contributed by atoms with E-state index in [1.165, 1.54) is 0 Å². The molecule has 48 valence electrons. The van der Waals surface area contributed by atoms with E-state index in [-0.39, 0.29) is 17.9 Å². The van der Waals surface area contributed by atoms with Crippen molar-refractivity contribution in [3.05, 3.63) is 0 Å². The Kier molecular flexibility index (Phi) is 3.81. The van der Waals surface area contributed by atoms with Crippen LogP contribution in [0.4, 0.5) is 0 Å². The van der Waals surface area contributed by atoms with Crippen molar-refractivity contribution in [3.63, 3.8) is 0 Å². The predicted octanol–water partition coefficient (Wildman–Crippen LogP) is -0.382. The number of halogens is 1. The molecule has 0 radical (unpaired) electrons. The van der Waals surface area contributed by atoms with Gasteiger partial charge >= 0.3 is 0 Å². The summed E-state index contributed by atoms with van der Waals surface area (Å²) in [5, 5.41) is 8.33. The highest BCUT2D eigenvalue weighted by atomic mass is 79.9. The van der Waals surface area contributed by atoms with Crippen molar-refractivity contribution in [2.24, 2.45) is 5.73 Å². The third-order valence-electron chi connectivity index (χ3n) is 0.621. The van der Waals surface area contributed by atoms with Crippen LogP contribution in [0.1, 0.15) is 6.42 Å². The first kappa shape index (κ1) is 7.91. The van der Waals surface area contributed by atoms with Crippen molar-refractivity contribution >= 4 is 21.8 Å². The Morgan fingerprint density at radius 1 is 1.88 bits per heavy atom. The van der Waals surface area contributed by atoms with Crippen LogP contribution in [-0.2, 0) is 4.79 Å². The molecule has 0 saturated carbocycles. The van der Waals surface area contributed by atoms with Crippen molar-refractivity contribution in [1.29, 1.82) is 0 Å². The van der Waals surface area contributed by atoms with Crippen molar-refractivity contribution in [1.82, 2.24) is 0 Å². The van der Waals surface area contributed by atoms with Crippen LogP contribution in [0.25, 0.3) is 0 Å². The molecule has 0 spiro atoms. The summed E-state index contributed by atoms with van der Waals surface area (Å²) in [5.41, 5.74) is 4.79. The molecule has 1 atom stereocenters. The number of aliphatic hydroxyl groups excluding tert-OH is 1. The Bertz CT molecular complexity index is 86.1. The molecule has 0 fully saturated rings. The minimum absolute atomic E-state index is 0.0526. The van der Waals surface area contributed by atoms with Gasteiger partial charge in [0, 0.05) is 11.2 Å². The zero-order valence-corrected chi connectivity index (χ0v) is 5.89. The number of hydrogen-bond acceptors (Lipinski definition) is 2. The van der Waals surface area contributed by atoms with Crippen LogP contribution in [0, 0.1) is 0 Å². The Morgan fingerprint density at radius 3 is 2.50 bits per heavy atom. The molecule has 0 bridgehead atoms. The highest BCUT2D eigenvalue weighted by molar-refractivity contribution is 9.09. The third kappa shape index (κ3) is 4.08. The van der Waals surface area contributed by atoms with E-state index in [9.17, 15) is 4.79 Å². The second-order valence-corrected chi connectivity index (χ2v) is 2.75. The van der Waals surface area contributed by atoms with E-state index >= 15 is 0 Å². The Morgan fingerprint density at radius 2 is 2.38 bits per heavy atom. The summed E-state index contributed by atoms with van der Waals surface area (Å²) in [4.78, 5) is 9.87. The van der Waals surface area contributed by atoms with Gasteiger partial charge in [-0.2, -0.15) is 0 Å². The molecule has 0 heterocycles. The zero-order valence-electron chi connectivity index (χ0n) is 4.30. The Hall–Kier alpha value is -0.0900. The summed E-state index contributed by atoms with van der Waals surface area (Å²) >= 11 is 3.03. The van der Waals surface area contributed by atoms with E-state index in [0.29, 0.717) is 0 Å². The summed E-state index contributed by atoms with van der Waals surface area (Å²) < 4.78 is 0. The van der Waals surface area contributed by atoms with Crippen molar-refractivity contribution < 1.29 is 9.90 Å². The van der Waals surface area contributed by atoms with Gasteiger partial charge in [0.25, 0.3) is 0 Å². The second kappa shape index (κ2) is 3.86. The van der Waals surface area contributed by atoms with Crippen LogP contribution in [-0.4, -0.2) is 22.4 Å². The number of primary amides is 1. The molecule has 0 rings (SSSR count). The van der Waals surface area contributed by atoms with Gasteiger partial charge in [0.05, 0.1) is 6.61 Å². The number of carbonyl (C=O) groups is 1. The minimum atomic E-state index is -0.402. The van der Waals surface area contributed by atoms with Gasteiger partial charge in [-0.25, -0.2) is 0 Å². The summed E-state index contributed by atoms with van der Waals surface area (Å²) in [6.07, 6.45) is 0.191. The van der Waals surface area contributed by atoms with Gasteiger partial charge in [-0.3, -0.25) is 4.79 Å². The van der Waals surface area contributed by atoms with Gasteiger partial charge in [-0.15, -0.1) is 0 Å². The van der Waals surface area contributed by atoms with Gasteiger partial charge < -0.3 is 10.8 Å². The van der Waals surface area contributed by atoms with Crippen LogP contribution in [0.15, 0.2) is 0 Å². The maximum atomic E-state index is 10.0. The molecule has 0 saturated heterocycles. The van der Waals surface area contributed by atoms with E-state index in [0.717, 1.165) is 0 Å². The molecule has 0 aliphatic carbocycles. The normalized spacial score (nSPS) is 13.2. The molecule has 0 aromatic rings. The molecule has 3 N–H and O–H groups in total. The van der Waals surface area contributed by atoms with Gasteiger partial charge in [-0.1, -0.05) is 15.9 Å². The van der Waals surface area contributed by atoms with Gasteiger partial charge in [0.1, 0.15) is 0 Å². The van der Waals surface area contributed by atoms with Crippen LogP contribution in [0.3, 0.4) is 0 Å². The SMILES string of the molecule is NC(=O)C[C@@H](Br)CO. The average Bonchev–Trinajstić information content (AvgIpc) is 1.65. The molecule has 4 heteroatoms. The fourth-order valence-electron chi connectivity index (χ4n) is 0.283. The van der Waals surface area contributed by atoms with Gasteiger partial charge in [-0.05, 0) is 0 Å². The molecule has 3 nitrogen and oxygen atoms in total. The number of nitrogens with two attached hydrogens (primary N) is 1. The first-order chi connectivity index (χ1) is 3.66. The van der Waals surface area contributed by atoms with Crippen molar-refractivity contribution in [2.75, 3.05) is 6.61 Å². The summed E-state index contributed by atoms with van der Waals surface area (Å²) in [6.45, 7) is -0.0526. The number of hydrogen-bond donors (Lipinski definition) is 2. The molecule has 0 aromatic carbocycles. The van der Waals surface area contributed by atoms with E-state index in [1.54, 1.807) is 0 Å². The number of amides is 1. The highest BCUT2D eigenvalue weighted by Gasteiger charge is 2.04. The maximum Gasteiger partial charge on any atom is 0.218 e. The number of aliphatic hydroxyl groups is 1. The fraction of sp³-hybridized carbons (Fsp3) is 0.750. The summed E-state index contributed by atoms with van der Waals surface area (Å²) in [5.74, 6) is -0.402. The molecule has 1 amide bonds. The number of rotatable bonds is 3. The molecule has 0 aliphatic heterocycles. The van der Waals surface area contributed by atoms with E-state index in [4.69, 9.17) is 10.8 Å². The van der Waals surface area contributed by atoms with Crippen LogP contribution in [0.2, 0.25) is 0 Å². The van der Waals surface area contributed by atoms with E-state index in [2.05, 4.69) is 15.9 Å². The summed E-state index contributed by atoms with van der Waals surface area (Å²) in [7, 11) is 0. The molecule has 8 heavy (non-hydrogen) atoms. The van der Waals surface area contributed by atoms with E-state index in [1.807, 2.05) is 0 Å². The lowest BCUT2D eigenvalue weighted by Gasteiger charge is -1.98. The van der Waals surface area contributed by atoms with Crippen LogP contribution >= 0.6 is 15.9 Å². The lowest BCUT2D eigenvalue weighted by Crippen LogP contribution is -2.18. The highest BCUT2D eigenvalue weighted by Crippen LogP contribution is 2.01. The maximum absolute atomic E-state index is 10.0. The smallest absolute Gasteiger partial charge is 0.218 e. The van der Waals surface area contributed by atoms with Crippen LogP contribution < -0.4 is 5.73 Å². The first-order valence-electron chi connectivity index (χ1n) is 2.20. The van der Waals surface area contributed by atoms with E-state index < -0.39 is 5.91 Å². The molecular weight excluding hydrogens is 174 g/mol. The fourth-order valence-corrected chi connectivity index (χ4v) is 0.602. The average molecular weight is 182 g/mol. The van der Waals surface area contributed by atoms with Crippen molar-refractivity contribution in [2.45, 2.75) is 11.2 Å².